The van der Waals surface area contributed by atoms with Crippen molar-refractivity contribution in [2.75, 3.05) is 13.7 Å². The van der Waals surface area contributed by atoms with Crippen molar-refractivity contribution in [2.45, 2.75) is 63.5 Å². The van der Waals surface area contributed by atoms with Gasteiger partial charge in [0.15, 0.2) is 0 Å². The number of hydrogen-bond donors (Lipinski definition) is 1. The van der Waals surface area contributed by atoms with E-state index in [1.54, 1.807) is 0 Å². The fourth-order valence-corrected chi connectivity index (χ4v) is 3.53. The first-order valence-corrected chi connectivity index (χ1v) is 7.10. The van der Waals surface area contributed by atoms with Gasteiger partial charge in [0.25, 0.3) is 0 Å². The van der Waals surface area contributed by atoms with Crippen molar-refractivity contribution in [1.29, 1.82) is 0 Å². The van der Waals surface area contributed by atoms with Crippen LogP contribution in [0.2, 0.25) is 0 Å². The third-order valence-corrected chi connectivity index (χ3v) is 5.06. The highest BCUT2D eigenvalue weighted by atomic mass is 16.5. The Morgan fingerprint density at radius 2 is 1.88 bits per heavy atom. The summed E-state index contributed by atoms with van der Waals surface area (Å²) >= 11 is 0. The first kappa shape index (κ1) is 11.0. The Balaban J connectivity index is 1.49. The normalized spacial score (nSPS) is 37.3. The molecule has 2 atom stereocenters. The molecule has 0 amide bonds. The van der Waals surface area contributed by atoms with Gasteiger partial charge < -0.3 is 10.1 Å². The van der Waals surface area contributed by atoms with E-state index in [1.807, 2.05) is 7.11 Å². The smallest absolute Gasteiger partial charge is 0.0724 e. The molecule has 16 heavy (non-hydrogen) atoms. The molecular weight excluding hydrogens is 198 g/mol. The number of hydrogen-bond acceptors (Lipinski definition) is 2. The summed E-state index contributed by atoms with van der Waals surface area (Å²) in [7, 11) is 1.87. The minimum Gasteiger partial charge on any atom is -0.380 e. The molecule has 0 radical (unpaired) electrons. The Kier molecular flexibility index (Phi) is 2.97. The maximum atomic E-state index is 5.60. The summed E-state index contributed by atoms with van der Waals surface area (Å²) in [4.78, 5) is 0. The zero-order chi connectivity index (χ0) is 11.0. The van der Waals surface area contributed by atoms with Gasteiger partial charge in [-0.2, -0.15) is 0 Å². The number of rotatable bonds is 5. The van der Waals surface area contributed by atoms with Crippen LogP contribution >= 0.6 is 0 Å². The molecule has 1 N–H and O–H groups in total. The zero-order valence-corrected chi connectivity index (χ0v) is 10.5. The van der Waals surface area contributed by atoms with Gasteiger partial charge in [-0.1, -0.05) is 12.8 Å². The summed E-state index contributed by atoms with van der Waals surface area (Å²) in [6, 6.07) is 0.634. The third kappa shape index (κ3) is 2.14. The van der Waals surface area contributed by atoms with Crippen LogP contribution in [0, 0.1) is 11.3 Å². The minimum absolute atomic E-state index is 0.476. The van der Waals surface area contributed by atoms with Gasteiger partial charge in [-0.15, -0.1) is 0 Å². The Labute approximate surface area is 99.1 Å². The van der Waals surface area contributed by atoms with E-state index < -0.39 is 0 Å². The number of methoxy groups -OCH3 is 1. The molecule has 0 aromatic heterocycles. The molecule has 2 unspecified atom stereocenters. The van der Waals surface area contributed by atoms with Gasteiger partial charge in [-0.25, -0.2) is 0 Å². The molecule has 0 bridgehead atoms. The molecule has 3 aliphatic rings. The second kappa shape index (κ2) is 4.30. The van der Waals surface area contributed by atoms with E-state index in [1.165, 1.54) is 57.9 Å². The van der Waals surface area contributed by atoms with Crippen LogP contribution in [0.15, 0.2) is 0 Å². The predicted octanol–water partition coefficient (Wildman–Crippen LogP) is 2.72. The van der Waals surface area contributed by atoms with E-state index in [0.717, 1.165) is 11.3 Å². The summed E-state index contributed by atoms with van der Waals surface area (Å²) in [5, 5.41) is 3.82. The van der Waals surface area contributed by atoms with Crippen molar-refractivity contribution >= 4 is 0 Å². The Hall–Kier alpha value is -0.0800. The first-order chi connectivity index (χ1) is 7.84. The van der Waals surface area contributed by atoms with Crippen LogP contribution < -0.4 is 5.32 Å². The van der Waals surface area contributed by atoms with Crippen molar-refractivity contribution in [2.24, 2.45) is 11.3 Å². The quantitative estimate of drug-likeness (QED) is 0.774. The highest BCUT2D eigenvalue weighted by Crippen LogP contribution is 2.60. The van der Waals surface area contributed by atoms with Gasteiger partial charge >= 0.3 is 0 Å². The predicted molar refractivity (Wildman–Crippen MR) is 65.4 cm³/mol. The summed E-state index contributed by atoms with van der Waals surface area (Å²) < 4.78 is 5.60. The van der Waals surface area contributed by atoms with Crippen LogP contribution in [0.1, 0.15) is 51.4 Å². The molecule has 3 fully saturated rings. The third-order valence-electron chi connectivity index (χ3n) is 5.06. The average molecular weight is 223 g/mol. The highest BCUT2D eigenvalue weighted by Gasteiger charge is 2.53. The van der Waals surface area contributed by atoms with E-state index in [-0.39, 0.29) is 0 Å². The maximum Gasteiger partial charge on any atom is 0.0724 e. The van der Waals surface area contributed by atoms with Crippen LogP contribution in [-0.2, 0) is 4.74 Å². The van der Waals surface area contributed by atoms with Crippen molar-refractivity contribution in [1.82, 2.24) is 5.32 Å². The van der Waals surface area contributed by atoms with Crippen LogP contribution in [0.5, 0.6) is 0 Å². The number of nitrogens with one attached hydrogen (secondary N) is 1. The summed E-state index contributed by atoms with van der Waals surface area (Å²) in [5.41, 5.74) is 0.732. The van der Waals surface area contributed by atoms with Crippen LogP contribution in [0.25, 0.3) is 0 Å². The lowest BCUT2D eigenvalue weighted by Crippen LogP contribution is -2.45. The molecular formula is C14H25NO. The minimum atomic E-state index is 0.476. The Morgan fingerprint density at radius 3 is 2.50 bits per heavy atom. The fourth-order valence-electron chi connectivity index (χ4n) is 3.53. The topological polar surface area (TPSA) is 21.3 Å². The Morgan fingerprint density at radius 1 is 1.12 bits per heavy atom. The highest BCUT2D eigenvalue weighted by molar-refractivity contribution is 5.05. The molecule has 0 aromatic carbocycles. The lowest BCUT2D eigenvalue weighted by Gasteiger charge is -2.32. The van der Waals surface area contributed by atoms with E-state index in [0.29, 0.717) is 12.1 Å². The molecule has 3 aliphatic carbocycles. The molecule has 0 heterocycles. The molecule has 0 spiro atoms. The fraction of sp³-hybridized carbons (Fsp3) is 1.00. The molecule has 92 valence electrons. The molecule has 0 aromatic rings. The second-order valence-corrected chi connectivity index (χ2v) is 6.18. The Bertz CT molecular complexity index is 245. The molecule has 2 nitrogen and oxygen atoms in total. The van der Waals surface area contributed by atoms with Crippen LogP contribution in [0.4, 0.5) is 0 Å². The lowest BCUT2D eigenvalue weighted by molar-refractivity contribution is 0.0396. The van der Waals surface area contributed by atoms with Gasteiger partial charge in [0.1, 0.15) is 0 Å². The van der Waals surface area contributed by atoms with Gasteiger partial charge in [0.2, 0.25) is 0 Å². The second-order valence-electron chi connectivity index (χ2n) is 6.18. The van der Waals surface area contributed by atoms with Crippen molar-refractivity contribution < 1.29 is 4.74 Å². The van der Waals surface area contributed by atoms with E-state index in [9.17, 15) is 0 Å². The standard InChI is InChI=1S/C14H25NO/c1-16-13-5-3-2-4-12(13)15-10-14(8-9-14)11-6-7-11/h11-13,15H,2-10H2,1H3. The zero-order valence-electron chi connectivity index (χ0n) is 10.5. The van der Waals surface area contributed by atoms with Crippen molar-refractivity contribution in [3.63, 3.8) is 0 Å². The molecule has 3 rings (SSSR count). The van der Waals surface area contributed by atoms with E-state index in [2.05, 4.69) is 5.32 Å². The molecule has 2 heteroatoms. The summed E-state index contributed by atoms with van der Waals surface area (Å²) in [6.07, 6.45) is 11.7. The van der Waals surface area contributed by atoms with Crippen molar-refractivity contribution in [3.05, 3.63) is 0 Å². The average Bonchev–Trinajstić information content (AvgIpc) is 3.17. The van der Waals surface area contributed by atoms with Gasteiger partial charge in [-0.3, -0.25) is 0 Å². The van der Waals surface area contributed by atoms with Crippen LogP contribution in [0.3, 0.4) is 0 Å². The van der Waals surface area contributed by atoms with Gasteiger partial charge in [0, 0.05) is 19.7 Å². The number of ether oxygens (including phenoxy) is 1. The largest absolute Gasteiger partial charge is 0.380 e. The molecule has 3 saturated carbocycles. The molecule has 0 saturated heterocycles. The van der Waals surface area contributed by atoms with E-state index >= 15 is 0 Å². The lowest BCUT2D eigenvalue weighted by atomic mass is 9.91. The van der Waals surface area contributed by atoms with Crippen LogP contribution in [-0.4, -0.2) is 25.8 Å². The SMILES string of the molecule is COC1CCCCC1NCC1(C2CC2)CC1. The maximum absolute atomic E-state index is 5.60. The van der Waals surface area contributed by atoms with Gasteiger partial charge in [0.05, 0.1) is 6.10 Å². The molecule has 0 aliphatic heterocycles. The monoisotopic (exact) mass is 223 g/mol. The van der Waals surface area contributed by atoms with Gasteiger partial charge in [-0.05, 0) is 49.9 Å². The van der Waals surface area contributed by atoms with E-state index in [4.69, 9.17) is 4.74 Å². The first-order valence-electron chi connectivity index (χ1n) is 7.10. The van der Waals surface area contributed by atoms with Crippen molar-refractivity contribution in [3.8, 4) is 0 Å². The summed E-state index contributed by atoms with van der Waals surface area (Å²) in [5.74, 6) is 1.07. The summed E-state index contributed by atoms with van der Waals surface area (Å²) in [6.45, 7) is 1.27.